The van der Waals surface area contributed by atoms with E-state index in [2.05, 4.69) is 30.4 Å². The molecule has 0 amide bonds. The van der Waals surface area contributed by atoms with E-state index >= 15 is 0 Å². The molecule has 1 aromatic carbocycles. The zero-order chi connectivity index (χ0) is 10.7. The highest BCUT2D eigenvalue weighted by atomic mass is 35.5. The summed E-state index contributed by atoms with van der Waals surface area (Å²) >= 11 is 6.13. The van der Waals surface area contributed by atoms with Crippen LogP contribution < -0.4 is 5.32 Å². The predicted octanol–water partition coefficient (Wildman–Crippen LogP) is 3.37. The van der Waals surface area contributed by atoms with E-state index < -0.39 is 0 Å². The van der Waals surface area contributed by atoms with Crippen LogP contribution in [0.25, 0.3) is 0 Å². The zero-order valence-electron chi connectivity index (χ0n) is 9.22. The van der Waals surface area contributed by atoms with Gasteiger partial charge in [-0.15, -0.1) is 0 Å². The molecule has 1 fully saturated rings. The minimum Gasteiger partial charge on any atom is -0.317 e. The van der Waals surface area contributed by atoms with Crippen LogP contribution in [0.3, 0.4) is 0 Å². The Balaban J connectivity index is 2.22. The highest BCUT2D eigenvalue weighted by Crippen LogP contribution is 2.28. The van der Waals surface area contributed by atoms with Crippen molar-refractivity contribution in [1.82, 2.24) is 5.32 Å². The Labute approximate surface area is 96.8 Å². The van der Waals surface area contributed by atoms with Gasteiger partial charge in [-0.3, -0.25) is 0 Å². The van der Waals surface area contributed by atoms with Crippen molar-refractivity contribution in [3.63, 3.8) is 0 Å². The van der Waals surface area contributed by atoms with Crippen molar-refractivity contribution in [1.29, 1.82) is 0 Å². The Kier molecular flexibility index (Phi) is 3.66. The van der Waals surface area contributed by atoms with Crippen LogP contribution in [-0.2, 0) is 6.42 Å². The van der Waals surface area contributed by atoms with Crippen LogP contribution in [0.4, 0.5) is 0 Å². The highest BCUT2D eigenvalue weighted by Gasteiger charge is 2.15. The first-order valence-corrected chi connectivity index (χ1v) is 6.17. The van der Waals surface area contributed by atoms with Gasteiger partial charge in [0, 0.05) is 5.02 Å². The number of benzene rings is 1. The summed E-state index contributed by atoms with van der Waals surface area (Å²) < 4.78 is 0. The molecule has 0 aromatic heterocycles. The molecule has 1 heterocycles. The van der Waals surface area contributed by atoms with Crippen molar-refractivity contribution in [3.05, 3.63) is 34.3 Å². The molecule has 0 atom stereocenters. The summed E-state index contributed by atoms with van der Waals surface area (Å²) in [6.45, 7) is 4.45. The summed E-state index contributed by atoms with van der Waals surface area (Å²) in [6.07, 6.45) is 3.55. The molecular weight excluding hydrogens is 206 g/mol. The molecule has 0 bridgehead atoms. The summed E-state index contributed by atoms with van der Waals surface area (Å²) in [5.41, 5.74) is 2.79. The second kappa shape index (κ2) is 5.00. The van der Waals surface area contributed by atoms with Crippen LogP contribution in [0.1, 0.15) is 36.8 Å². The fourth-order valence-corrected chi connectivity index (χ4v) is 2.54. The van der Waals surface area contributed by atoms with Gasteiger partial charge in [-0.1, -0.05) is 24.6 Å². The molecule has 0 saturated carbocycles. The van der Waals surface area contributed by atoms with Crippen LogP contribution >= 0.6 is 11.6 Å². The first kappa shape index (κ1) is 11.0. The number of hydrogen-bond acceptors (Lipinski definition) is 1. The fraction of sp³-hybridized carbons (Fsp3) is 0.538. The van der Waals surface area contributed by atoms with Crippen molar-refractivity contribution < 1.29 is 0 Å². The lowest BCUT2D eigenvalue weighted by molar-refractivity contribution is 0.460. The second-order valence-corrected chi connectivity index (χ2v) is 4.71. The van der Waals surface area contributed by atoms with Gasteiger partial charge >= 0.3 is 0 Å². The third kappa shape index (κ3) is 2.73. The molecule has 0 spiro atoms. The number of hydrogen-bond donors (Lipinski definition) is 1. The Morgan fingerprint density at radius 1 is 1.27 bits per heavy atom. The summed E-state index contributed by atoms with van der Waals surface area (Å²) in [6, 6.07) is 6.53. The van der Waals surface area contributed by atoms with E-state index in [1.165, 1.54) is 24.0 Å². The van der Waals surface area contributed by atoms with Gasteiger partial charge in [0.25, 0.3) is 0 Å². The minimum absolute atomic E-state index is 0.704. The van der Waals surface area contributed by atoms with E-state index in [1.54, 1.807) is 0 Å². The van der Waals surface area contributed by atoms with Crippen molar-refractivity contribution in [3.8, 4) is 0 Å². The van der Waals surface area contributed by atoms with Gasteiger partial charge in [0.1, 0.15) is 0 Å². The Bertz CT molecular complexity index is 329. The molecule has 0 aliphatic carbocycles. The van der Waals surface area contributed by atoms with E-state index in [4.69, 9.17) is 11.6 Å². The molecule has 0 unspecified atom stereocenters. The summed E-state index contributed by atoms with van der Waals surface area (Å²) in [4.78, 5) is 0. The topological polar surface area (TPSA) is 12.0 Å². The smallest absolute Gasteiger partial charge is 0.0411 e. The van der Waals surface area contributed by atoms with E-state index in [-0.39, 0.29) is 0 Å². The lowest BCUT2D eigenvalue weighted by Crippen LogP contribution is -2.26. The first-order chi connectivity index (χ1) is 7.29. The Morgan fingerprint density at radius 2 is 2.00 bits per heavy atom. The predicted molar refractivity (Wildman–Crippen MR) is 65.7 cm³/mol. The number of halogens is 1. The van der Waals surface area contributed by atoms with Gasteiger partial charge in [0.15, 0.2) is 0 Å². The molecule has 82 valence electrons. The van der Waals surface area contributed by atoms with E-state index in [0.29, 0.717) is 5.92 Å². The molecule has 1 aromatic rings. The summed E-state index contributed by atoms with van der Waals surface area (Å²) in [5.74, 6) is 0.704. The maximum atomic E-state index is 6.13. The average molecular weight is 224 g/mol. The van der Waals surface area contributed by atoms with Crippen LogP contribution in [0.2, 0.25) is 5.02 Å². The van der Waals surface area contributed by atoms with Gasteiger partial charge in [-0.05, 0) is 61.5 Å². The third-order valence-electron chi connectivity index (χ3n) is 3.20. The molecule has 15 heavy (non-hydrogen) atoms. The Morgan fingerprint density at radius 3 is 2.67 bits per heavy atom. The maximum absolute atomic E-state index is 6.13. The van der Waals surface area contributed by atoms with Crippen molar-refractivity contribution in [2.75, 3.05) is 13.1 Å². The molecule has 2 rings (SSSR count). The standard InChI is InChI=1S/C13H18ClN/c1-2-10-7-12(9-13(14)8-10)11-3-5-15-6-4-11/h7-9,11,15H,2-6H2,1H3. The molecular formula is C13H18ClN. The van der Waals surface area contributed by atoms with Gasteiger partial charge in [-0.25, -0.2) is 0 Å². The molecule has 1 saturated heterocycles. The number of rotatable bonds is 2. The monoisotopic (exact) mass is 223 g/mol. The molecule has 1 aliphatic heterocycles. The van der Waals surface area contributed by atoms with Crippen molar-refractivity contribution >= 4 is 11.6 Å². The third-order valence-corrected chi connectivity index (χ3v) is 3.42. The lowest BCUT2D eigenvalue weighted by Gasteiger charge is -2.23. The molecule has 2 heteroatoms. The van der Waals surface area contributed by atoms with Crippen LogP contribution in [0, 0.1) is 0 Å². The SMILES string of the molecule is CCc1cc(Cl)cc(C2CCNCC2)c1. The number of nitrogens with one attached hydrogen (secondary N) is 1. The molecule has 0 radical (unpaired) electrons. The number of aryl methyl sites for hydroxylation is 1. The normalized spacial score (nSPS) is 18.0. The van der Waals surface area contributed by atoms with Crippen molar-refractivity contribution in [2.24, 2.45) is 0 Å². The quantitative estimate of drug-likeness (QED) is 0.811. The van der Waals surface area contributed by atoms with E-state index in [0.717, 1.165) is 24.5 Å². The summed E-state index contributed by atoms with van der Waals surface area (Å²) in [5, 5.41) is 4.29. The zero-order valence-corrected chi connectivity index (χ0v) is 9.98. The van der Waals surface area contributed by atoms with Gasteiger partial charge in [0.2, 0.25) is 0 Å². The van der Waals surface area contributed by atoms with Gasteiger partial charge < -0.3 is 5.32 Å². The molecule has 1 nitrogen and oxygen atoms in total. The van der Waals surface area contributed by atoms with Gasteiger partial charge in [-0.2, -0.15) is 0 Å². The van der Waals surface area contributed by atoms with Crippen LogP contribution in [0.15, 0.2) is 18.2 Å². The average Bonchev–Trinajstić information content (AvgIpc) is 2.29. The van der Waals surface area contributed by atoms with Crippen molar-refractivity contribution in [2.45, 2.75) is 32.1 Å². The lowest BCUT2D eigenvalue weighted by atomic mass is 9.89. The first-order valence-electron chi connectivity index (χ1n) is 5.79. The number of piperidine rings is 1. The van der Waals surface area contributed by atoms with Crippen LogP contribution in [0.5, 0.6) is 0 Å². The minimum atomic E-state index is 0.704. The molecule has 1 N–H and O–H groups in total. The summed E-state index contributed by atoms with van der Waals surface area (Å²) in [7, 11) is 0. The second-order valence-electron chi connectivity index (χ2n) is 4.27. The van der Waals surface area contributed by atoms with E-state index in [1.807, 2.05) is 0 Å². The van der Waals surface area contributed by atoms with Crippen LogP contribution in [-0.4, -0.2) is 13.1 Å². The fourth-order valence-electron chi connectivity index (χ4n) is 2.27. The Hall–Kier alpha value is -0.530. The highest BCUT2D eigenvalue weighted by molar-refractivity contribution is 6.30. The largest absolute Gasteiger partial charge is 0.317 e. The van der Waals surface area contributed by atoms with Gasteiger partial charge in [0.05, 0.1) is 0 Å². The molecule has 1 aliphatic rings. The van der Waals surface area contributed by atoms with E-state index in [9.17, 15) is 0 Å². The maximum Gasteiger partial charge on any atom is 0.0411 e.